The van der Waals surface area contributed by atoms with Gasteiger partial charge in [0.05, 0.1) is 5.69 Å². The minimum Gasteiger partial charge on any atom is -0.456 e. The number of fused-ring (bicyclic) bond motifs is 8. The second-order valence-corrected chi connectivity index (χ2v) is 22.5. The molecule has 80 heavy (non-hydrogen) atoms. The van der Waals surface area contributed by atoms with Crippen LogP contribution in [-0.2, 0) is 19.3 Å². The zero-order chi connectivity index (χ0) is 54.4. The number of benzene rings is 10. The molecular formula is C75H70BN3O. The lowest BCUT2D eigenvalue weighted by Crippen LogP contribution is -2.61. The van der Waals surface area contributed by atoms with Crippen LogP contribution in [-0.4, -0.2) is 6.85 Å². The van der Waals surface area contributed by atoms with Gasteiger partial charge in [-0.15, -0.1) is 0 Å². The van der Waals surface area contributed by atoms with E-state index >= 15 is 0 Å². The molecule has 5 heteroatoms. The first-order valence-corrected chi connectivity index (χ1v) is 29.5. The van der Waals surface area contributed by atoms with Crippen LogP contribution in [0.4, 0.5) is 45.5 Å². The van der Waals surface area contributed by atoms with Gasteiger partial charge in [0, 0.05) is 61.7 Å². The average molecular weight is 1040 g/mol. The molecule has 4 nitrogen and oxygen atoms in total. The van der Waals surface area contributed by atoms with Crippen molar-refractivity contribution in [1.29, 1.82) is 0 Å². The number of para-hydroxylation sites is 2. The van der Waals surface area contributed by atoms with Gasteiger partial charge in [-0.1, -0.05) is 161 Å². The molecule has 10 aromatic carbocycles. The predicted octanol–water partition coefficient (Wildman–Crippen LogP) is 20.1. The van der Waals surface area contributed by atoms with Gasteiger partial charge < -0.3 is 19.0 Å². The number of unbranched alkanes of at least 4 members (excludes halogenated alkanes) is 3. The molecule has 0 saturated carbocycles. The quantitative estimate of drug-likeness (QED) is 0.0900. The Morgan fingerprint density at radius 3 is 1.73 bits per heavy atom. The van der Waals surface area contributed by atoms with Gasteiger partial charge in [-0.05, 0) is 211 Å². The molecule has 1 aromatic heterocycles. The fourth-order valence-corrected chi connectivity index (χ4v) is 13.3. The van der Waals surface area contributed by atoms with E-state index in [0.717, 1.165) is 107 Å². The van der Waals surface area contributed by atoms with E-state index in [1.165, 1.54) is 96.2 Å². The molecule has 0 amide bonds. The zero-order valence-electron chi connectivity index (χ0n) is 47.3. The van der Waals surface area contributed by atoms with Gasteiger partial charge in [0.25, 0.3) is 0 Å². The third-order valence-electron chi connectivity index (χ3n) is 17.0. The highest BCUT2D eigenvalue weighted by atomic mass is 16.3. The largest absolute Gasteiger partial charge is 0.456 e. The maximum atomic E-state index is 6.95. The van der Waals surface area contributed by atoms with Crippen LogP contribution in [0.2, 0.25) is 0 Å². The lowest BCUT2D eigenvalue weighted by Gasteiger charge is -2.46. The van der Waals surface area contributed by atoms with E-state index in [0.29, 0.717) is 0 Å². The Kier molecular flexibility index (Phi) is 13.8. The number of hydrogen-bond acceptors (Lipinski definition) is 4. The first-order valence-electron chi connectivity index (χ1n) is 29.5. The minimum atomic E-state index is -0.263. The molecule has 0 unspecified atom stereocenters. The van der Waals surface area contributed by atoms with Crippen molar-refractivity contribution in [2.24, 2.45) is 0 Å². The number of aryl methyl sites for hydroxylation is 6. The fraction of sp³-hybridized carbons (Fsp3) is 0.200. The normalized spacial score (nSPS) is 12.5. The van der Waals surface area contributed by atoms with Crippen molar-refractivity contribution in [2.75, 3.05) is 14.6 Å². The highest BCUT2D eigenvalue weighted by Gasteiger charge is 2.47. The minimum absolute atomic E-state index is 0.263. The highest BCUT2D eigenvalue weighted by Crippen LogP contribution is 2.53. The highest BCUT2D eigenvalue weighted by molar-refractivity contribution is 6.95. The number of furan rings is 1. The summed E-state index contributed by atoms with van der Waals surface area (Å²) in [6.45, 7) is 13.4. The van der Waals surface area contributed by atoms with Crippen LogP contribution in [0.15, 0.2) is 211 Å². The molecule has 2 aliphatic heterocycles. The monoisotopic (exact) mass is 1040 g/mol. The van der Waals surface area contributed by atoms with Crippen molar-refractivity contribution < 1.29 is 4.42 Å². The molecule has 3 heterocycles. The van der Waals surface area contributed by atoms with Crippen LogP contribution in [0.5, 0.6) is 0 Å². The van der Waals surface area contributed by atoms with Crippen molar-refractivity contribution in [3.8, 4) is 33.4 Å². The average Bonchev–Trinajstić information content (AvgIpc) is 2.09. The van der Waals surface area contributed by atoms with Crippen molar-refractivity contribution in [3.63, 3.8) is 0 Å². The third kappa shape index (κ3) is 9.07. The molecule has 0 saturated heterocycles. The van der Waals surface area contributed by atoms with E-state index in [-0.39, 0.29) is 6.85 Å². The van der Waals surface area contributed by atoms with Crippen LogP contribution < -0.4 is 25.5 Å². The first kappa shape index (κ1) is 50.9. The molecule has 0 N–H and O–H groups in total. The lowest BCUT2D eigenvalue weighted by atomic mass is 9.42. The number of hydrogen-bond donors (Lipinski definition) is 0. The van der Waals surface area contributed by atoms with Crippen molar-refractivity contribution in [3.05, 3.63) is 240 Å². The number of anilines is 8. The molecule has 13 rings (SSSR count). The smallest absolute Gasteiger partial charge is 0.333 e. The maximum absolute atomic E-state index is 6.95. The molecule has 0 atom stereocenters. The topological polar surface area (TPSA) is 22.9 Å². The summed E-state index contributed by atoms with van der Waals surface area (Å²) in [7, 11) is 0. The first-order chi connectivity index (χ1) is 39.3. The predicted molar refractivity (Wildman–Crippen MR) is 343 cm³/mol. The number of nitrogens with zero attached hydrogens (tertiary/aromatic N) is 3. The second kappa shape index (κ2) is 21.6. The zero-order valence-corrected chi connectivity index (χ0v) is 47.3. The van der Waals surface area contributed by atoms with Crippen LogP contribution in [0.25, 0.3) is 55.3 Å². The van der Waals surface area contributed by atoms with Crippen LogP contribution in [0.1, 0.15) is 92.7 Å². The van der Waals surface area contributed by atoms with Crippen LogP contribution in [0, 0.1) is 20.8 Å². The summed E-state index contributed by atoms with van der Waals surface area (Å²) < 4.78 is 6.95. The Hall–Kier alpha value is -8.54. The third-order valence-corrected chi connectivity index (χ3v) is 17.0. The summed E-state index contributed by atoms with van der Waals surface area (Å²) in [5.41, 5.74) is 28.8. The van der Waals surface area contributed by atoms with Crippen molar-refractivity contribution in [2.45, 2.75) is 99.3 Å². The number of rotatable bonds is 16. The molecule has 0 radical (unpaired) electrons. The van der Waals surface area contributed by atoms with Gasteiger partial charge in [-0.25, -0.2) is 0 Å². The fourth-order valence-electron chi connectivity index (χ4n) is 13.3. The summed E-state index contributed by atoms with van der Waals surface area (Å²) in [5.74, 6) is 0. The van der Waals surface area contributed by atoms with E-state index in [1.807, 2.05) is 0 Å². The Morgan fingerprint density at radius 1 is 0.425 bits per heavy atom. The van der Waals surface area contributed by atoms with Gasteiger partial charge in [0.1, 0.15) is 11.2 Å². The van der Waals surface area contributed by atoms with E-state index in [1.54, 1.807) is 0 Å². The molecule has 0 aliphatic carbocycles. The molecule has 394 valence electrons. The molecular weight excluding hydrogens is 970 g/mol. The van der Waals surface area contributed by atoms with Crippen molar-refractivity contribution >= 4 is 85.2 Å². The maximum Gasteiger partial charge on any atom is 0.333 e. The van der Waals surface area contributed by atoms with E-state index in [9.17, 15) is 0 Å². The lowest BCUT2D eigenvalue weighted by molar-refractivity contribution is 0.669. The van der Waals surface area contributed by atoms with Crippen molar-refractivity contribution in [1.82, 2.24) is 0 Å². The second-order valence-electron chi connectivity index (χ2n) is 22.5. The van der Waals surface area contributed by atoms with Crippen LogP contribution in [0.3, 0.4) is 0 Å². The van der Waals surface area contributed by atoms with Gasteiger partial charge >= 0.3 is 6.85 Å². The SMILES string of the molecule is CCCCc1ccc(N2B3c4c(cc(-c5c(C)cc(C)cc5C)cc4N(c4ccc(CCCC)cc4-c4ccccc4)c4ccc5oc6ccccc6c5c43)-c3ccc(N(c4ccccc4)c4ccc(CCCC)cc4)cc32)cc1. The Labute approximate surface area is 474 Å². The summed E-state index contributed by atoms with van der Waals surface area (Å²) in [4.78, 5) is 7.77. The summed E-state index contributed by atoms with van der Waals surface area (Å²) >= 11 is 0. The van der Waals surface area contributed by atoms with E-state index < -0.39 is 0 Å². The Balaban J connectivity index is 1.16. The molecule has 0 fully saturated rings. The summed E-state index contributed by atoms with van der Waals surface area (Å²) in [6, 6.07) is 78.4. The van der Waals surface area contributed by atoms with Gasteiger partial charge in [-0.3, -0.25) is 0 Å². The summed E-state index contributed by atoms with van der Waals surface area (Å²) in [6.07, 6.45) is 10.1. The molecule has 2 aliphatic rings. The molecule has 11 aromatic rings. The van der Waals surface area contributed by atoms with Gasteiger partial charge in [0.2, 0.25) is 0 Å². The summed E-state index contributed by atoms with van der Waals surface area (Å²) in [5, 5.41) is 2.27. The Bertz CT molecular complexity index is 4040. The molecule has 0 spiro atoms. The van der Waals surface area contributed by atoms with Gasteiger partial charge in [0.15, 0.2) is 0 Å². The standard InChI is InChI=1S/C75H70BN3O/c1-7-10-21-53-30-35-59(36-31-53)77(58-26-17-14-18-27-58)61-39-40-62-65-47-57(72-51(5)44-50(4)45-52(72)6)48-69-74(65)76(79(68(62)49-61)60-37-32-54(33-38-60)22-11-8-2)75-67(42-43-71-73(75)63-28-19-20-29-70(63)80-71)78(69)66-41-34-55(23-12-9-3)46-64(66)56-24-15-13-16-25-56/h13-20,24-49H,7-12,21-23H2,1-6H3. The van der Waals surface area contributed by atoms with E-state index in [4.69, 9.17) is 4.42 Å². The van der Waals surface area contributed by atoms with E-state index in [2.05, 4.69) is 262 Å². The Morgan fingerprint density at radius 2 is 1.02 bits per heavy atom. The van der Waals surface area contributed by atoms with Crippen LogP contribution >= 0.6 is 0 Å². The molecule has 0 bridgehead atoms. The van der Waals surface area contributed by atoms with Gasteiger partial charge in [-0.2, -0.15) is 0 Å².